The van der Waals surface area contributed by atoms with E-state index in [4.69, 9.17) is 4.74 Å². The number of carbonyl (C=O) groups is 3. The molecule has 3 rings (SSSR count). The van der Waals surface area contributed by atoms with Crippen molar-refractivity contribution in [3.63, 3.8) is 0 Å². The number of rotatable bonds is 3. The smallest absolute Gasteiger partial charge is 0.340 e. The predicted molar refractivity (Wildman–Crippen MR) is 83.1 cm³/mol. The highest BCUT2D eigenvalue weighted by molar-refractivity contribution is 6.21. The highest BCUT2D eigenvalue weighted by Gasteiger charge is 2.35. The molecule has 23 heavy (non-hydrogen) atoms. The van der Waals surface area contributed by atoms with Crippen molar-refractivity contribution >= 4 is 17.8 Å². The third kappa shape index (κ3) is 2.61. The first-order valence-electron chi connectivity index (χ1n) is 7.18. The van der Waals surface area contributed by atoms with Crippen molar-refractivity contribution in [2.45, 2.75) is 13.8 Å². The first-order valence-corrected chi connectivity index (χ1v) is 7.18. The zero-order valence-corrected chi connectivity index (χ0v) is 12.8. The van der Waals surface area contributed by atoms with E-state index in [9.17, 15) is 14.4 Å². The number of amides is 2. The van der Waals surface area contributed by atoms with Crippen LogP contribution in [0.25, 0.3) is 0 Å². The summed E-state index contributed by atoms with van der Waals surface area (Å²) >= 11 is 0. The maximum absolute atomic E-state index is 12.2. The number of hydrogen-bond acceptors (Lipinski definition) is 4. The van der Waals surface area contributed by atoms with Crippen LogP contribution in [0.1, 0.15) is 42.2 Å². The van der Waals surface area contributed by atoms with Crippen LogP contribution in [0.4, 0.5) is 0 Å². The normalized spacial score (nSPS) is 13.2. The lowest BCUT2D eigenvalue weighted by Crippen LogP contribution is -2.33. The maximum atomic E-state index is 12.2. The van der Waals surface area contributed by atoms with E-state index in [1.165, 1.54) is 0 Å². The molecule has 1 heterocycles. The first kappa shape index (κ1) is 15.0. The lowest BCUT2D eigenvalue weighted by atomic mass is 10.1. The molecule has 0 aliphatic carbocycles. The van der Waals surface area contributed by atoms with Gasteiger partial charge in [-0.25, -0.2) is 9.69 Å². The minimum atomic E-state index is -0.556. The van der Waals surface area contributed by atoms with E-state index < -0.39 is 24.5 Å². The van der Waals surface area contributed by atoms with Gasteiger partial charge in [0.2, 0.25) is 0 Å². The Morgan fingerprint density at radius 3 is 2.17 bits per heavy atom. The average Bonchev–Trinajstić information content (AvgIpc) is 2.77. The summed E-state index contributed by atoms with van der Waals surface area (Å²) in [6.07, 6.45) is 0. The van der Waals surface area contributed by atoms with E-state index in [0.717, 1.165) is 16.0 Å². The fourth-order valence-corrected chi connectivity index (χ4v) is 2.60. The molecule has 0 bridgehead atoms. The lowest BCUT2D eigenvalue weighted by molar-refractivity contribution is 0.0227. The van der Waals surface area contributed by atoms with Gasteiger partial charge in [-0.3, -0.25) is 9.59 Å². The molecule has 2 amide bonds. The van der Waals surface area contributed by atoms with Crippen LogP contribution in [0, 0.1) is 13.8 Å². The van der Waals surface area contributed by atoms with Crippen LogP contribution < -0.4 is 0 Å². The molecule has 1 aliphatic rings. The highest BCUT2D eigenvalue weighted by Crippen LogP contribution is 2.22. The molecule has 0 saturated carbocycles. The van der Waals surface area contributed by atoms with Crippen molar-refractivity contribution in [1.29, 1.82) is 0 Å². The minimum absolute atomic E-state index is 0.333. The SMILES string of the molecule is Cc1ccc(C(=O)OCN2C(=O)c3ccccc3C2=O)c(C)c1. The number of imide groups is 1. The quantitative estimate of drug-likeness (QED) is 0.646. The largest absolute Gasteiger partial charge is 0.440 e. The van der Waals surface area contributed by atoms with Gasteiger partial charge in [-0.05, 0) is 37.6 Å². The molecular formula is C18H15NO4. The number of hydrogen-bond donors (Lipinski definition) is 0. The van der Waals surface area contributed by atoms with Crippen molar-refractivity contribution in [3.8, 4) is 0 Å². The summed E-state index contributed by atoms with van der Waals surface area (Å²) in [4.78, 5) is 37.4. The summed E-state index contributed by atoms with van der Waals surface area (Å²) in [6.45, 7) is 3.35. The van der Waals surface area contributed by atoms with Crippen LogP contribution in [0.3, 0.4) is 0 Å². The second kappa shape index (κ2) is 5.68. The second-order valence-corrected chi connectivity index (χ2v) is 5.46. The molecule has 5 nitrogen and oxygen atoms in total. The molecule has 0 unspecified atom stereocenters. The number of esters is 1. The molecule has 2 aromatic rings. The van der Waals surface area contributed by atoms with Crippen molar-refractivity contribution in [1.82, 2.24) is 4.90 Å². The number of nitrogens with zero attached hydrogens (tertiary/aromatic N) is 1. The van der Waals surface area contributed by atoms with Gasteiger partial charge in [-0.1, -0.05) is 29.8 Å². The summed E-state index contributed by atoms with van der Waals surface area (Å²) in [5.41, 5.74) is 2.92. The summed E-state index contributed by atoms with van der Waals surface area (Å²) in [7, 11) is 0. The Morgan fingerprint density at radius 1 is 1.00 bits per heavy atom. The molecule has 0 atom stereocenters. The van der Waals surface area contributed by atoms with Crippen molar-refractivity contribution in [2.75, 3.05) is 6.73 Å². The van der Waals surface area contributed by atoms with Gasteiger partial charge in [0.1, 0.15) is 0 Å². The van der Waals surface area contributed by atoms with E-state index in [2.05, 4.69) is 0 Å². The molecule has 0 fully saturated rings. The van der Waals surface area contributed by atoms with Crippen LogP contribution in [0.15, 0.2) is 42.5 Å². The second-order valence-electron chi connectivity index (χ2n) is 5.46. The Morgan fingerprint density at radius 2 is 1.61 bits per heavy atom. The number of carbonyl (C=O) groups excluding carboxylic acids is 3. The standard InChI is InChI=1S/C18H15NO4/c1-11-7-8-13(12(2)9-11)18(22)23-10-19-16(20)14-5-3-4-6-15(14)17(19)21/h3-9H,10H2,1-2H3. The average molecular weight is 309 g/mol. The Kier molecular flexibility index (Phi) is 3.70. The summed E-state index contributed by atoms with van der Waals surface area (Å²) in [6, 6.07) is 11.9. The van der Waals surface area contributed by atoms with Gasteiger partial charge in [-0.15, -0.1) is 0 Å². The van der Waals surface area contributed by atoms with Gasteiger partial charge in [0.25, 0.3) is 11.8 Å². The van der Waals surface area contributed by atoms with E-state index in [0.29, 0.717) is 16.7 Å². The third-order valence-electron chi connectivity index (χ3n) is 3.80. The van der Waals surface area contributed by atoms with E-state index in [-0.39, 0.29) is 0 Å². The van der Waals surface area contributed by atoms with Crippen molar-refractivity contribution in [2.24, 2.45) is 0 Å². The summed E-state index contributed by atoms with van der Waals surface area (Å²) < 4.78 is 5.15. The monoisotopic (exact) mass is 309 g/mol. The Bertz CT molecular complexity index is 791. The van der Waals surface area contributed by atoms with Crippen LogP contribution in [0.2, 0.25) is 0 Å². The molecule has 0 aromatic heterocycles. The number of fused-ring (bicyclic) bond motifs is 1. The fraction of sp³-hybridized carbons (Fsp3) is 0.167. The van der Waals surface area contributed by atoms with E-state index in [1.807, 2.05) is 26.0 Å². The minimum Gasteiger partial charge on any atom is -0.440 e. The fourth-order valence-electron chi connectivity index (χ4n) is 2.60. The van der Waals surface area contributed by atoms with E-state index >= 15 is 0 Å². The predicted octanol–water partition coefficient (Wildman–Crippen LogP) is 2.71. The van der Waals surface area contributed by atoms with Gasteiger partial charge in [0, 0.05) is 0 Å². The molecule has 0 spiro atoms. The lowest BCUT2D eigenvalue weighted by Gasteiger charge is -2.14. The van der Waals surface area contributed by atoms with Crippen LogP contribution in [-0.4, -0.2) is 29.4 Å². The van der Waals surface area contributed by atoms with Gasteiger partial charge >= 0.3 is 5.97 Å². The zero-order valence-electron chi connectivity index (χ0n) is 12.8. The molecule has 1 aliphatic heterocycles. The topological polar surface area (TPSA) is 63.7 Å². The van der Waals surface area contributed by atoms with Gasteiger partial charge in [0.15, 0.2) is 6.73 Å². The van der Waals surface area contributed by atoms with Crippen molar-refractivity contribution in [3.05, 3.63) is 70.3 Å². The van der Waals surface area contributed by atoms with Crippen LogP contribution >= 0.6 is 0 Å². The number of ether oxygens (including phenoxy) is 1. The molecule has 0 N–H and O–H groups in total. The van der Waals surface area contributed by atoms with Crippen molar-refractivity contribution < 1.29 is 19.1 Å². The summed E-state index contributed by atoms with van der Waals surface area (Å²) in [5, 5.41) is 0. The zero-order chi connectivity index (χ0) is 16.6. The number of benzene rings is 2. The van der Waals surface area contributed by atoms with Gasteiger partial charge < -0.3 is 4.74 Å². The maximum Gasteiger partial charge on any atom is 0.340 e. The molecule has 116 valence electrons. The first-order chi connectivity index (χ1) is 11.0. The van der Waals surface area contributed by atoms with Gasteiger partial charge in [0.05, 0.1) is 16.7 Å². The van der Waals surface area contributed by atoms with Gasteiger partial charge in [-0.2, -0.15) is 0 Å². The molecule has 5 heteroatoms. The Balaban J connectivity index is 1.73. The molecule has 0 saturated heterocycles. The summed E-state index contributed by atoms with van der Waals surface area (Å²) in [5.74, 6) is -1.45. The Labute approximate surface area is 133 Å². The third-order valence-corrected chi connectivity index (χ3v) is 3.80. The van der Waals surface area contributed by atoms with Crippen LogP contribution in [0.5, 0.6) is 0 Å². The molecule has 2 aromatic carbocycles. The van der Waals surface area contributed by atoms with Crippen LogP contribution in [-0.2, 0) is 4.74 Å². The molecular weight excluding hydrogens is 294 g/mol. The molecule has 0 radical (unpaired) electrons. The number of aryl methyl sites for hydroxylation is 2. The van der Waals surface area contributed by atoms with E-state index in [1.54, 1.807) is 30.3 Å². The Hall–Kier alpha value is -2.95. The highest BCUT2D eigenvalue weighted by atomic mass is 16.5.